The molecule has 0 unspecified atom stereocenters. The van der Waals surface area contributed by atoms with E-state index in [9.17, 15) is 22.8 Å². The number of aldehydes is 1. The van der Waals surface area contributed by atoms with Gasteiger partial charge in [-0.1, -0.05) is 74.4 Å². The molecule has 0 amide bonds. The average molecular weight is 1200 g/mol. The first-order valence-corrected chi connectivity index (χ1v) is 24.4. The zero-order valence-corrected chi connectivity index (χ0v) is 45.7. The number of ether oxygens (including phenoxy) is 6. The second kappa shape index (κ2) is 30.7. The minimum absolute atomic E-state index is 0. The molecule has 0 radical (unpaired) electrons. The van der Waals surface area contributed by atoms with Crippen LogP contribution in [0.4, 0.5) is 36.7 Å². The maximum atomic E-state index is 11.8. The van der Waals surface area contributed by atoms with E-state index in [4.69, 9.17) is 107 Å². The number of pyridine rings is 2. The van der Waals surface area contributed by atoms with E-state index in [1.165, 1.54) is 34.5 Å². The number of fused-ring (bicyclic) bond motifs is 2. The van der Waals surface area contributed by atoms with Gasteiger partial charge in [0.2, 0.25) is 23.4 Å². The lowest BCUT2D eigenvalue weighted by molar-refractivity contribution is -0.156. The van der Waals surface area contributed by atoms with Gasteiger partial charge >= 0.3 is 6.18 Å². The highest BCUT2D eigenvalue weighted by atomic mass is 35.5. The molecule has 2 aliphatic rings. The number of carbonyl (C=O) groups excluding carboxylic acids is 3. The van der Waals surface area contributed by atoms with Crippen LogP contribution in [0.5, 0.6) is 23.0 Å². The summed E-state index contributed by atoms with van der Waals surface area (Å²) < 4.78 is 63.7. The van der Waals surface area contributed by atoms with Gasteiger partial charge in [0.1, 0.15) is 34.0 Å². The lowest BCUT2D eigenvalue weighted by Crippen LogP contribution is -2.39. The van der Waals surface area contributed by atoms with E-state index in [0.717, 1.165) is 16.8 Å². The van der Waals surface area contributed by atoms with Crippen molar-refractivity contribution in [2.24, 2.45) is 11.7 Å². The van der Waals surface area contributed by atoms with Gasteiger partial charge in [-0.2, -0.15) is 13.2 Å². The molecule has 79 heavy (non-hydrogen) atoms. The smallest absolute Gasteiger partial charge is 0.446 e. The summed E-state index contributed by atoms with van der Waals surface area (Å²) in [6, 6.07) is 6.61. The monoisotopic (exact) mass is 1200 g/mol. The van der Waals surface area contributed by atoms with Gasteiger partial charge < -0.3 is 55.4 Å². The van der Waals surface area contributed by atoms with Crippen LogP contribution in [0.1, 0.15) is 21.3 Å². The topological polar surface area (TPSA) is 258 Å². The SMILES string of the molecule is C.C.C=CC(=O)C[C@H]1COC[C@H]1Nc1ncc2cc(-c3c(Cl)c(OC)cc(OC)c3Cl)nc(NC)c2n1.C=CC(=O)Cl.CNc1nc(-c2c(Cl)c(OC)cc(OC)c2Cl)cc2cnc(N[C@@H]3COC[C@@H]3N)nc12.O=CC(F)(F)F. The first-order valence-electron chi connectivity index (χ1n) is 22.6. The zero-order valence-electron chi connectivity index (χ0n) is 41.9. The van der Waals surface area contributed by atoms with Crippen LogP contribution >= 0.6 is 58.0 Å². The van der Waals surface area contributed by atoms with Gasteiger partial charge in [0.15, 0.2) is 17.4 Å². The Kier molecular flexibility index (Phi) is 25.9. The first kappa shape index (κ1) is 66.7. The van der Waals surface area contributed by atoms with Gasteiger partial charge in [0, 0.05) is 72.9 Å². The second-order valence-electron chi connectivity index (χ2n) is 16.1. The number of methoxy groups -OCH3 is 4. The third-order valence-corrected chi connectivity index (χ3v) is 12.9. The van der Waals surface area contributed by atoms with Crippen LogP contribution in [0.2, 0.25) is 20.1 Å². The van der Waals surface area contributed by atoms with Crippen molar-refractivity contribution in [2.45, 2.75) is 45.6 Å². The number of nitrogens with two attached hydrogens (primary N) is 1. The van der Waals surface area contributed by atoms with Crippen molar-refractivity contribution < 1.29 is 56.0 Å². The van der Waals surface area contributed by atoms with Crippen LogP contribution in [0.25, 0.3) is 44.3 Å². The second-order valence-corrected chi connectivity index (χ2v) is 18.0. The van der Waals surface area contributed by atoms with E-state index in [1.54, 1.807) is 44.7 Å². The number of ketones is 1. The van der Waals surface area contributed by atoms with Crippen molar-refractivity contribution in [3.05, 3.63) is 82.1 Å². The predicted molar refractivity (Wildman–Crippen MR) is 305 cm³/mol. The van der Waals surface area contributed by atoms with Gasteiger partial charge in [-0.3, -0.25) is 14.4 Å². The summed E-state index contributed by atoms with van der Waals surface area (Å²) in [4.78, 5) is 57.6. The Morgan fingerprint density at radius 1 is 0.684 bits per heavy atom. The molecule has 8 rings (SSSR count). The molecule has 428 valence electrons. The number of nitrogens with zero attached hydrogens (tertiary/aromatic N) is 6. The molecule has 0 saturated carbocycles. The Morgan fingerprint density at radius 2 is 1.06 bits per heavy atom. The van der Waals surface area contributed by atoms with E-state index in [1.807, 2.05) is 6.07 Å². The third kappa shape index (κ3) is 17.0. The number of rotatable bonds is 16. The molecule has 0 spiro atoms. The molecule has 0 aliphatic carbocycles. The van der Waals surface area contributed by atoms with Crippen LogP contribution in [0, 0.1) is 5.92 Å². The number of anilines is 4. The number of nitrogens with one attached hydrogen (secondary N) is 4. The number of hydrogen-bond donors (Lipinski definition) is 5. The highest BCUT2D eigenvalue weighted by molar-refractivity contribution is 6.66. The zero-order chi connectivity index (χ0) is 56.7. The van der Waals surface area contributed by atoms with Crippen LogP contribution in [-0.2, 0) is 23.9 Å². The number of hydrogen-bond acceptors (Lipinski definition) is 20. The van der Waals surface area contributed by atoms with Gasteiger partial charge in [-0.25, -0.2) is 29.9 Å². The molecule has 2 aromatic carbocycles. The van der Waals surface area contributed by atoms with Crippen LogP contribution < -0.4 is 45.9 Å². The first-order chi connectivity index (χ1) is 36.7. The molecular weight excluding hydrogens is 1140 g/mol. The third-order valence-electron chi connectivity index (χ3n) is 11.2. The molecule has 2 saturated heterocycles. The Bertz CT molecular complexity index is 3070. The summed E-state index contributed by atoms with van der Waals surface area (Å²) in [5.74, 6) is 3.58. The molecule has 2 aliphatic heterocycles. The Balaban J connectivity index is 0.000000343. The number of allylic oxidation sites excluding steroid dienone is 2. The molecule has 0 bridgehead atoms. The molecule has 20 nitrogen and oxygen atoms in total. The van der Waals surface area contributed by atoms with Crippen molar-refractivity contribution in [1.82, 2.24) is 29.9 Å². The highest BCUT2D eigenvalue weighted by Gasteiger charge is 2.31. The molecule has 2 fully saturated rings. The lowest BCUT2D eigenvalue weighted by atomic mass is 9.97. The summed E-state index contributed by atoms with van der Waals surface area (Å²) in [6.07, 6.45) is 0.426. The number of benzene rings is 2. The van der Waals surface area contributed by atoms with Gasteiger partial charge in [0.05, 0.1) is 104 Å². The molecule has 6 heterocycles. The summed E-state index contributed by atoms with van der Waals surface area (Å²) in [6.45, 7) is 8.58. The van der Waals surface area contributed by atoms with Gasteiger partial charge in [-0.05, 0) is 35.9 Å². The molecule has 6 N–H and O–H groups in total. The van der Waals surface area contributed by atoms with Crippen molar-refractivity contribution >= 4 is 121 Å². The van der Waals surface area contributed by atoms with Crippen LogP contribution in [0.3, 0.4) is 0 Å². The summed E-state index contributed by atoms with van der Waals surface area (Å²) in [5, 5.41) is 14.9. The molecule has 28 heteroatoms. The van der Waals surface area contributed by atoms with E-state index in [-0.39, 0.29) is 44.7 Å². The quantitative estimate of drug-likeness (QED) is 0.0343. The Labute approximate surface area is 479 Å². The number of alkyl halides is 3. The van der Waals surface area contributed by atoms with Gasteiger partial charge in [0.25, 0.3) is 0 Å². The van der Waals surface area contributed by atoms with Crippen molar-refractivity contribution in [2.75, 3.05) is 90.2 Å². The van der Waals surface area contributed by atoms with E-state index < -0.39 is 17.7 Å². The summed E-state index contributed by atoms with van der Waals surface area (Å²) in [5.41, 5.74) is 9.29. The normalized spacial score (nSPS) is 16.1. The fraction of sp³-hybridized carbons (Fsp3) is 0.353. The number of aromatic nitrogens is 6. The maximum Gasteiger partial charge on any atom is 0.446 e. The Morgan fingerprint density at radius 3 is 1.39 bits per heavy atom. The van der Waals surface area contributed by atoms with Gasteiger partial charge in [-0.15, -0.1) is 0 Å². The lowest BCUT2D eigenvalue weighted by Gasteiger charge is -2.19. The van der Waals surface area contributed by atoms with E-state index in [0.29, 0.717) is 133 Å². The van der Waals surface area contributed by atoms with Crippen LogP contribution in [0.15, 0.2) is 62.0 Å². The fourth-order valence-corrected chi connectivity index (χ4v) is 8.78. The van der Waals surface area contributed by atoms with E-state index >= 15 is 0 Å². The minimum atomic E-state index is -4.64. The predicted octanol–water partition coefficient (Wildman–Crippen LogP) is 10.8. The average Bonchev–Trinajstić information content (AvgIpc) is 4.10. The molecule has 4 aromatic heterocycles. The largest absolute Gasteiger partial charge is 0.495 e. The van der Waals surface area contributed by atoms with Crippen molar-refractivity contribution in [3.63, 3.8) is 0 Å². The molecule has 6 aromatic rings. The van der Waals surface area contributed by atoms with Crippen molar-refractivity contribution in [1.29, 1.82) is 0 Å². The number of halogens is 8. The maximum absolute atomic E-state index is 11.8. The molecular formula is C51H59Cl5F3N11O9. The highest BCUT2D eigenvalue weighted by Crippen LogP contribution is 2.48. The molecule has 4 atom stereocenters. The van der Waals surface area contributed by atoms with E-state index in [2.05, 4.69) is 54.4 Å². The standard InChI is InChI=1S/C24H25Cl2N5O4.C20H22Cl2N6O3.C3H3ClO.C2HF3O.2CH4/c1-5-14(32)6-13-10-35-11-16(13)30-24-28-9-12-7-15(29-23(27-2)22(12)31-24)19-20(25)17(33-3)8-18(34-4)21(19)26;1-24-19-18-9(6-25-20(28-18)27-12-8-31-7-10(12)23)4-11(26-19)15-16(21)13(29-2)5-14(30-3)17(15)22;1-2-3(4)5;3-2(4,5)1-6;;/h5,7-9,13,16H,1,6,10-11H2,2-4H3,(H,27,29)(H,28,30,31);4-6,10,12H,7-8,23H2,1-3H3,(H,24,26)(H,25,27,28);2H,1H2;1H;2*1H4/t13-,16+;10-,12+;;;;/m00..../s1. The fourth-order valence-electron chi connectivity index (χ4n) is 7.40. The summed E-state index contributed by atoms with van der Waals surface area (Å²) in [7, 11) is 9.58. The van der Waals surface area contributed by atoms with Crippen molar-refractivity contribution in [3.8, 4) is 45.5 Å². The summed E-state index contributed by atoms with van der Waals surface area (Å²) >= 11 is 31.0. The Hall–Kier alpha value is -6.57. The minimum Gasteiger partial charge on any atom is -0.495 e. The number of carbonyl (C=O) groups is 3. The van der Waals surface area contributed by atoms with Crippen LogP contribution in [-0.4, -0.2) is 140 Å².